The summed E-state index contributed by atoms with van der Waals surface area (Å²) < 4.78 is 46.4. The van der Waals surface area contributed by atoms with E-state index in [1.165, 1.54) is 22.5 Å². The van der Waals surface area contributed by atoms with Crippen molar-refractivity contribution in [1.82, 2.24) is 9.21 Å². The molecule has 0 radical (unpaired) electrons. The van der Waals surface area contributed by atoms with Gasteiger partial charge in [-0.2, -0.15) is 9.57 Å². The van der Waals surface area contributed by atoms with E-state index in [1.807, 2.05) is 36.4 Å². The van der Waals surface area contributed by atoms with E-state index in [0.29, 0.717) is 18.7 Å². The van der Waals surface area contributed by atoms with Crippen molar-refractivity contribution in [2.75, 3.05) is 33.3 Å². The lowest BCUT2D eigenvalue weighted by Crippen LogP contribution is -2.39. The Bertz CT molecular complexity index is 1290. The Hall–Kier alpha value is -3.25. The van der Waals surface area contributed by atoms with Crippen LogP contribution in [0, 0.1) is 17.1 Å². The normalized spacial score (nSPS) is 16.3. The van der Waals surface area contributed by atoms with Gasteiger partial charge in [-0.25, -0.2) is 12.8 Å². The third-order valence-corrected chi connectivity index (χ3v) is 8.23. The van der Waals surface area contributed by atoms with Crippen LogP contribution < -0.4 is 4.74 Å². The molecule has 0 spiro atoms. The molecule has 0 bridgehead atoms. The minimum Gasteiger partial charge on any atom is -0.494 e. The van der Waals surface area contributed by atoms with Crippen LogP contribution in [0.4, 0.5) is 4.39 Å². The van der Waals surface area contributed by atoms with Crippen LogP contribution in [0.3, 0.4) is 0 Å². The molecule has 1 atom stereocenters. The summed E-state index contributed by atoms with van der Waals surface area (Å²) in [6.07, 6.45) is 1.56. The first-order chi connectivity index (χ1) is 16.9. The van der Waals surface area contributed by atoms with Crippen molar-refractivity contribution >= 4 is 10.0 Å². The van der Waals surface area contributed by atoms with E-state index in [9.17, 15) is 12.8 Å². The minimum absolute atomic E-state index is 0.0166. The third-order valence-electron chi connectivity index (χ3n) is 6.32. The SMILES string of the molecule is CN(C1CCN(CCCOc2ccc(-c3ccc(C#N)cc3)cc2)C1)S(=O)(=O)c1cccc(F)c1. The molecule has 1 saturated heterocycles. The molecular formula is C27H28FN3O3S. The maximum atomic E-state index is 13.5. The fraction of sp³-hybridized carbons (Fsp3) is 0.296. The Balaban J connectivity index is 1.22. The number of likely N-dealkylation sites (tertiary alicyclic amines) is 1. The minimum atomic E-state index is -3.73. The van der Waals surface area contributed by atoms with E-state index < -0.39 is 15.8 Å². The second-order valence-corrected chi connectivity index (χ2v) is 10.6. The quantitative estimate of drug-likeness (QED) is 0.410. The van der Waals surface area contributed by atoms with E-state index in [-0.39, 0.29) is 10.9 Å². The van der Waals surface area contributed by atoms with Gasteiger partial charge in [0.15, 0.2) is 0 Å². The van der Waals surface area contributed by atoms with Gasteiger partial charge in [0, 0.05) is 26.2 Å². The average Bonchev–Trinajstić information content (AvgIpc) is 3.35. The Morgan fingerprint density at radius 1 is 1.09 bits per heavy atom. The summed E-state index contributed by atoms with van der Waals surface area (Å²) in [7, 11) is -2.16. The van der Waals surface area contributed by atoms with Crippen LogP contribution in [0.15, 0.2) is 77.7 Å². The van der Waals surface area contributed by atoms with Crippen molar-refractivity contribution in [3.8, 4) is 22.9 Å². The number of ether oxygens (including phenoxy) is 1. The van der Waals surface area contributed by atoms with E-state index in [4.69, 9.17) is 10.00 Å². The summed E-state index contributed by atoms with van der Waals surface area (Å²) >= 11 is 0. The number of halogens is 1. The number of sulfonamides is 1. The standard InChI is InChI=1S/C27H28FN3O3S/c1-30(35(32,33)27-5-2-4-24(28)18-27)25-14-16-31(20-25)15-3-17-34-26-12-10-23(11-13-26)22-8-6-21(19-29)7-9-22/h2,4-13,18,25H,3,14-17,20H2,1H3. The first-order valence-corrected chi connectivity index (χ1v) is 13.0. The predicted molar refractivity (Wildman–Crippen MR) is 133 cm³/mol. The monoisotopic (exact) mass is 493 g/mol. The van der Waals surface area contributed by atoms with Crippen LogP contribution in [0.2, 0.25) is 0 Å². The molecule has 4 rings (SSSR count). The van der Waals surface area contributed by atoms with Gasteiger partial charge in [-0.3, -0.25) is 0 Å². The smallest absolute Gasteiger partial charge is 0.243 e. The molecule has 1 heterocycles. The summed E-state index contributed by atoms with van der Waals surface area (Å²) in [6, 6.07) is 22.5. The number of rotatable bonds is 9. The molecule has 1 aliphatic heterocycles. The number of nitriles is 1. The molecule has 8 heteroatoms. The van der Waals surface area contributed by atoms with Gasteiger partial charge in [-0.15, -0.1) is 0 Å². The molecule has 1 fully saturated rings. The molecule has 0 amide bonds. The highest BCUT2D eigenvalue weighted by Gasteiger charge is 2.33. The van der Waals surface area contributed by atoms with Crippen molar-refractivity contribution in [3.05, 3.63) is 84.2 Å². The number of hydrogen-bond acceptors (Lipinski definition) is 5. The highest BCUT2D eigenvalue weighted by atomic mass is 32.2. The Morgan fingerprint density at radius 2 is 1.77 bits per heavy atom. The highest BCUT2D eigenvalue weighted by Crippen LogP contribution is 2.24. The van der Waals surface area contributed by atoms with E-state index in [1.54, 1.807) is 19.2 Å². The number of benzene rings is 3. The molecule has 3 aromatic carbocycles. The van der Waals surface area contributed by atoms with Crippen LogP contribution in [-0.2, 0) is 10.0 Å². The maximum absolute atomic E-state index is 13.5. The van der Waals surface area contributed by atoms with Crippen LogP contribution in [0.25, 0.3) is 11.1 Å². The fourth-order valence-electron chi connectivity index (χ4n) is 4.26. The van der Waals surface area contributed by atoms with Gasteiger partial charge in [0.05, 0.1) is 23.1 Å². The number of hydrogen-bond donors (Lipinski definition) is 0. The summed E-state index contributed by atoms with van der Waals surface area (Å²) in [5.41, 5.74) is 2.74. The van der Waals surface area contributed by atoms with Gasteiger partial charge in [-0.1, -0.05) is 30.3 Å². The van der Waals surface area contributed by atoms with E-state index in [0.717, 1.165) is 48.9 Å². The van der Waals surface area contributed by atoms with Gasteiger partial charge in [0.2, 0.25) is 10.0 Å². The molecule has 0 saturated carbocycles. The molecular weight excluding hydrogens is 465 g/mol. The second kappa shape index (κ2) is 11.0. The lowest BCUT2D eigenvalue weighted by molar-refractivity contribution is 0.254. The van der Waals surface area contributed by atoms with Gasteiger partial charge >= 0.3 is 0 Å². The zero-order valence-electron chi connectivity index (χ0n) is 19.6. The summed E-state index contributed by atoms with van der Waals surface area (Å²) in [5, 5.41) is 8.92. The fourth-order valence-corrected chi connectivity index (χ4v) is 5.67. The predicted octanol–water partition coefficient (Wildman–Crippen LogP) is 4.53. The zero-order valence-corrected chi connectivity index (χ0v) is 20.4. The lowest BCUT2D eigenvalue weighted by atomic mass is 10.0. The van der Waals surface area contributed by atoms with Gasteiger partial charge in [0.25, 0.3) is 0 Å². The molecule has 1 unspecified atom stereocenters. The summed E-state index contributed by atoms with van der Waals surface area (Å²) in [5.74, 6) is 0.235. The zero-order chi connectivity index (χ0) is 24.8. The first-order valence-electron chi connectivity index (χ1n) is 11.6. The van der Waals surface area contributed by atoms with Crippen molar-refractivity contribution in [2.24, 2.45) is 0 Å². The maximum Gasteiger partial charge on any atom is 0.243 e. The molecule has 0 aromatic heterocycles. The van der Waals surface area contributed by atoms with Crippen molar-refractivity contribution in [3.63, 3.8) is 0 Å². The molecule has 6 nitrogen and oxygen atoms in total. The van der Waals surface area contributed by atoms with E-state index in [2.05, 4.69) is 11.0 Å². The molecule has 182 valence electrons. The molecule has 1 aliphatic rings. The summed E-state index contributed by atoms with van der Waals surface area (Å²) in [4.78, 5) is 2.22. The lowest BCUT2D eigenvalue weighted by Gasteiger charge is -2.24. The highest BCUT2D eigenvalue weighted by molar-refractivity contribution is 7.89. The summed E-state index contributed by atoms with van der Waals surface area (Å²) in [6.45, 7) is 2.83. The largest absolute Gasteiger partial charge is 0.494 e. The first kappa shape index (κ1) is 24.9. The third kappa shape index (κ3) is 6.06. The molecule has 0 N–H and O–H groups in total. The van der Waals surface area contributed by atoms with Gasteiger partial charge in [0.1, 0.15) is 11.6 Å². The van der Waals surface area contributed by atoms with Gasteiger partial charge < -0.3 is 9.64 Å². The molecule has 35 heavy (non-hydrogen) atoms. The van der Waals surface area contributed by atoms with Crippen LogP contribution in [0.1, 0.15) is 18.4 Å². The Labute approximate surface area is 206 Å². The van der Waals surface area contributed by atoms with E-state index >= 15 is 0 Å². The van der Waals surface area contributed by atoms with Crippen LogP contribution in [0.5, 0.6) is 5.75 Å². The van der Waals surface area contributed by atoms with Crippen molar-refractivity contribution in [2.45, 2.75) is 23.8 Å². The molecule has 3 aromatic rings. The Kier molecular flexibility index (Phi) is 7.81. The number of nitrogens with zero attached hydrogens (tertiary/aromatic N) is 3. The van der Waals surface area contributed by atoms with Crippen LogP contribution in [-0.4, -0.2) is 57.0 Å². The second-order valence-electron chi connectivity index (χ2n) is 8.64. The van der Waals surface area contributed by atoms with Crippen LogP contribution >= 0.6 is 0 Å². The molecule has 0 aliphatic carbocycles. The van der Waals surface area contributed by atoms with Crippen molar-refractivity contribution < 1.29 is 17.5 Å². The topological polar surface area (TPSA) is 73.6 Å². The van der Waals surface area contributed by atoms with Gasteiger partial charge in [-0.05, 0) is 73.0 Å². The Morgan fingerprint density at radius 3 is 2.43 bits per heavy atom. The van der Waals surface area contributed by atoms with Crippen molar-refractivity contribution in [1.29, 1.82) is 5.26 Å². The average molecular weight is 494 g/mol. The number of likely N-dealkylation sites (N-methyl/N-ethyl adjacent to an activating group) is 1.